The Morgan fingerprint density at radius 2 is 1.14 bits per heavy atom. The molecule has 0 aromatic heterocycles. The van der Waals surface area contributed by atoms with Crippen molar-refractivity contribution in [3.8, 4) is 0 Å². The van der Waals surface area contributed by atoms with E-state index in [4.69, 9.17) is 5.73 Å². The molecule has 0 heterocycles. The highest BCUT2D eigenvalue weighted by Gasteiger charge is 2.27. The monoisotopic (exact) mass is 399 g/mol. The molecule has 28 heavy (non-hydrogen) atoms. The van der Waals surface area contributed by atoms with Crippen molar-refractivity contribution in [1.29, 1.82) is 0 Å². The second kappa shape index (κ2) is 16.3. The van der Waals surface area contributed by atoms with Crippen LogP contribution in [-0.2, 0) is 14.4 Å². The molecule has 7 heteroatoms. The van der Waals surface area contributed by atoms with Crippen LogP contribution in [0.1, 0.15) is 97.8 Å². The zero-order chi connectivity index (χ0) is 21.4. The number of nitrogens with one attached hydrogen (secondary N) is 2. The molecule has 0 unspecified atom stereocenters. The van der Waals surface area contributed by atoms with Crippen LogP contribution in [0.2, 0.25) is 0 Å². The molecule has 164 valence electrons. The Morgan fingerprint density at radius 3 is 1.61 bits per heavy atom. The molecule has 0 spiro atoms. The van der Waals surface area contributed by atoms with E-state index in [9.17, 15) is 14.4 Å². The van der Waals surface area contributed by atoms with Crippen LogP contribution in [0.4, 0.5) is 0 Å². The van der Waals surface area contributed by atoms with Crippen LogP contribution >= 0.6 is 0 Å². The molecule has 0 radical (unpaired) electrons. The standard InChI is InChI=1S/C21H42N4O3/c1-4-7-10-13-16(22)20(27)25-18(15-12-9-6-3)21(28)24-17(19(23)26)14-11-8-5-2/h16-18H,4-15,22H2,1-3H3,(H2,23,26)(H,24,28)(H,25,27)/p+1/t16-,17-,18-/m0/s1. The predicted molar refractivity (Wildman–Crippen MR) is 112 cm³/mol. The van der Waals surface area contributed by atoms with E-state index < -0.39 is 18.0 Å². The van der Waals surface area contributed by atoms with Crippen molar-refractivity contribution in [3.05, 3.63) is 0 Å². The molecule has 0 aliphatic carbocycles. The Balaban J connectivity index is 4.86. The zero-order valence-electron chi connectivity index (χ0n) is 18.2. The number of rotatable bonds is 17. The fourth-order valence-corrected chi connectivity index (χ4v) is 3.09. The van der Waals surface area contributed by atoms with Crippen LogP contribution in [0, 0.1) is 0 Å². The van der Waals surface area contributed by atoms with E-state index in [-0.39, 0.29) is 17.9 Å². The van der Waals surface area contributed by atoms with Crippen molar-refractivity contribution < 1.29 is 20.1 Å². The first kappa shape index (κ1) is 26.4. The summed E-state index contributed by atoms with van der Waals surface area (Å²) in [7, 11) is 0. The van der Waals surface area contributed by atoms with Gasteiger partial charge < -0.3 is 22.1 Å². The summed E-state index contributed by atoms with van der Waals surface area (Å²) in [6.45, 7) is 6.28. The Bertz CT molecular complexity index is 457. The lowest BCUT2D eigenvalue weighted by Crippen LogP contribution is -2.69. The highest BCUT2D eigenvalue weighted by atomic mass is 16.2. The molecule has 0 aromatic carbocycles. The molecule has 0 saturated carbocycles. The van der Waals surface area contributed by atoms with Gasteiger partial charge in [-0.2, -0.15) is 0 Å². The first-order valence-electron chi connectivity index (χ1n) is 11.1. The van der Waals surface area contributed by atoms with Crippen LogP contribution < -0.4 is 22.1 Å². The Kier molecular flexibility index (Phi) is 15.4. The van der Waals surface area contributed by atoms with Crippen molar-refractivity contribution in [2.45, 2.75) is 116 Å². The third-order valence-electron chi connectivity index (χ3n) is 5.01. The average molecular weight is 400 g/mol. The number of carbonyl (C=O) groups is 3. The van der Waals surface area contributed by atoms with Gasteiger partial charge in [0.1, 0.15) is 12.1 Å². The van der Waals surface area contributed by atoms with Crippen LogP contribution in [0.25, 0.3) is 0 Å². The number of nitrogens with two attached hydrogens (primary N) is 1. The number of hydrogen-bond donors (Lipinski definition) is 4. The minimum atomic E-state index is -0.690. The molecule has 0 aromatic rings. The maximum atomic E-state index is 12.7. The van der Waals surface area contributed by atoms with Gasteiger partial charge in [0, 0.05) is 6.42 Å². The minimum Gasteiger partial charge on any atom is -0.368 e. The summed E-state index contributed by atoms with van der Waals surface area (Å²) in [4.78, 5) is 36.9. The largest absolute Gasteiger partial charge is 0.368 e. The first-order valence-corrected chi connectivity index (χ1v) is 11.1. The van der Waals surface area contributed by atoms with E-state index in [1.54, 1.807) is 0 Å². The van der Waals surface area contributed by atoms with Crippen LogP contribution in [0.3, 0.4) is 0 Å². The third kappa shape index (κ3) is 12.0. The summed E-state index contributed by atoms with van der Waals surface area (Å²) in [5.74, 6) is -1.06. The Morgan fingerprint density at radius 1 is 0.714 bits per heavy atom. The highest BCUT2D eigenvalue weighted by Crippen LogP contribution is 2.08. The maximum Gasteiger partial charge on any atom is 0.278 e. The summed E-state index contributed by atoms with van der Waals surface area (Å²) >= 11 is 0. The van der Waals surface area contributed by atoms with Crippen molar-refractivity contribution in [2.75, 3.05) is 0 Å². The molecular formula is C21H43N4O3+. The van der Waals surface area contributed by atoms with E-state index in [1.807, 2.05) is 0 Å². The second-order valence-electron chi connectivity index (χ2n) is 7.71. The molecular weight excluding hydrogens is 356 g/mol. The van der Waals surface area contributed by atoms with Gasteiger partial charge in [-0.05, 0) is 19.3 Å². The van der Waals surface area contributed by atoms with Crippen molar-refractivity contribution in [3.63, 3.8) is 0 Å². The van der Waals surface area contributed by atoms with Gasteiger partial charge in [-0.15, -0.1) is 0 Å². The quantitative estimate of drug-likeness (QED) is 0.278. The molecule has 3 atom stereocenters. The molecule has 7 nitrogen and oxygen atoms in total. The third-order valence-corrected chi connectivity index (χ3v) is 5.01. The summed E-state index contributed by atoms with van der Waals surface area (Å²) in [5.41, 5.74) is 9.40. The molecule has 0 saturated heterocycles. The fraction of sp³-hybridized carbons (Fsp3) is 0.857. The lowest BCUT2D eigenvalue weighted by Gasteiger charge is -2.22. The van der Waals surface area contributed by atoms with Crippen LogP contribution in [0.5, 0.6) is 0 Å². The van der Waals surface area contributed by atoms with E-state index in [0.717, 1.165) is 57.8 Å². The predicted octanol–water partition coefficient (Wildman–Crippen LogP) is 1.79. The maximum absolute atomic E-state index is 12.7. The smallest absolute Gasteiger partial charge is 0.278 e. The van der Waals surface area contributed by atoms with Crippen LogP contribution in [-0.4, -0.2) is 35.8 Å². The van der Waals surface area contributed by atoms with Gasteiger partial charge in [0.25, 0.3) is 5.91 Å². The molecule has 0 fully saturated rings. The van der Waals surface area contributed by atoms with Gasteiger partial charge in [-0.25, -0.2) is 0 Å². The molecule has 3 amide bonds. The summed E-state index contributed by atoms with van der Waals surface area (Å²) < 4.78 is 0. The second-order valence-corrected chi connectivity index (χ2v) is 7.71. The minimum absolute atomic E-state index is 0.200. The average Bonchev–Trinajstić information content (AvgIpc) is 2.66. The molecule has 0 rings (SSSR count). The highest BCUT2D eigenvalue weighted by molar-refractivity contribution is 5.92. The number of amides is 3. The Hall–Kier alpha value is -1.63. The SMILES string of the molecule is CCCCC[C@H](NC(=O)[C@H](CCCCC)NC(=O)[C@@H]([NH3+])CCCCC)C(N)=O. The van der Waals surface area contributed by atoms with E-state index in [0.29, 0.717) is 19.3 Å². The van der Waals surface area contributed by atoms with Gasteiger partial charge in [0.15, 0.2) is 6.04 Å². The van der Waals surface area contributed by atoms with E-state index in [1.165, 1.54) is 0 Å². The fourth-order valence-electron chi connectivity index (χ4n) is 3.09. The van der Waals surface area contributed by atoms with Gasteiger partial charge in [0.05, 0.1) is 0 Å². The van der Waals surface area contributed by atoms with Gasteiger partial charge in [0.2, 0.25) is 11.8 Å². The number of carbonyl (C=O) groups excluding carboxylic acids is 3. The van der Waals surface area contributed by atoms with Crippen molar-refractivity contribution in [1.82, 2.24) is 10.6 Å². The summed E-state index contributed by atoms with van der Waals surface area (Å²) in [5, 5.41) is 5.60. The number of primary amides is 1. The first-order chi connectivity index (χ1) is 13.4. The van der Waals surface area contributed by atoms with Gasteiger partial charge in [-0.1, -0.05) is 72.1 Å². The molecule has 7 N–H and O–H groups in total. The number of unbranched alkanes of at least 4 members (excludes halogenated alkanes) is 6. The number of hydrogen-bond acceptors (Lipinski definition) is 3. The normalized spacial score (nSPS) is 14.1. The molecule has 0 bridgehead atoms. The van der Waals surface area contributed by atoms with Crippen molar-refractivity contribution in [2.24, 2.45) is 5.73 Å². The molecule has 0 aliphatic heterocycles. The molecule has 0 aliphatic rings. The summed E-state index contributed by atoms with van der Waals surface area (Å²) in [6.07, 6.45) is 10.6. The van der Waals surface area contributed by atoms with E-state index >= 15 is 0 Å². The van der Waals surface area contributed by atoms with Crippen LogP contribution in [0.15, 0.2) is 0 Å². The van der Waals surface area contributed by atoms with Gasteiger partial charge >= 0.3 is 0 Å². The number of quaternary nitrogens is 1. The van der Waals surface area contributed by atoms with Gasteiger partial charge in [-0.3, -0.25) is 14.4 Å². The van der Waals surface area contributed by atoms with E-state index in [2.05, 4.69) is 37.1 Å². The lowest BCUT2D eigenvalue weighted by molar-refractivity contribution is -0.405. The topological polar surface area (TPSA) is 129 Å². The zero-order valence-corrected chi connectivity index (χ0v) is 18.2. The van der Waals surface area contributed by atoms with Crippen molar-refractivity contribution >= 4 is 17.7 Å². The lowest BCUT2D eigenvalue weighted by atomic mass is 10.0. The Labute approximate surface area is 170 Å². The summed E-state index contributed by atoms with van der Waals surface area (Å²) in [6, 6.07) is -1.71.